The molecule has 0 spiro atoms. The van der Waals surface area contributed by atoms with Gasteiger partial charge in [-0.15, -0.1) is 0 Å². The molecule has 2 amide bonds. The zero-order chi connectivity index (χ0) is 19.2. The molecule has 1 heterocycles. The summed E-state index contributed by atoms with van der Waals surface area (Å²) in [6.07, 6.45) is -4.22. The minimum atomic E-state index is -4.22. The number of rotatable bonds is 10. The number of alkyl halides is 3. The fraction of sp³-hybridized carbons (Fsp3) is 0.529. The van der Waals surface area contributed by atoms with Crippen LogP contribution in [0.1, 0.15) is 20.7 Å². The molecule has 1 aromatic carbocycles. The Hall–Kier alpha value is -1.97. The molecular formula is C17H21F3N2O4. The summed E-state index contributed by atoms with van der Waals surface area (Å²) >= 11 is 0. The van der Waals surface area contributed by atoms with Crippen molar-refractivity contribution in [2.75, 3.05) is 53.1 Å². The molecule has 0 radical (unpaired) electrons. The van der Waals surface area contributed by atoms with E-state index in [0.717, 1.165) is 9.80 Å². The molecule has 0 saturated carbocycles. The Bertz CT molecular complexity index is 602. The highest BCUT2D eigenvalue weighted by Crippen LogP contribution is 2.21. The quantitative estimate of drug-likeness (QED) is 0.462. The third-order valence-corrected chi connectivity index (χ3v) is 3.78. The van der Waals surface area contributed by atoms with Crippen molar-refractivity contribution in [3.05, 3.63) is 35.4 Å². The van der Waals surface area contributed by atoms with Crippen LogP contribution in [-0.2, 0) is 9.47 Å². The molecule has 144 valence electrons. The number of hydrogen-bond donors (Lipinski definition) is 0. The second-order valence-corrected chi connectivity index (χ2v) is 5.89. The molecule has 1 aromatic rings. The van der Waals surface area contributed by atoms with Gasteiger partial charge in [0, 0.05) is 6.54 Å². The summed E-state index contributed by atoms with van der Waals surface area (Å²) in [6.45, 7) is 0.105. The predicted molar refractivity (Wildman–Crippen MR) is 87.0 cm³/mol. The first kappa shape index (κ1) is 20.3. The SMILES string of the molecule is CN(CCOCCOCCN1C(=O)c2ccccc2C1=O)CC(F)(F)F. The molecule has 0 aliphatic carbocycles. The second-order valence-electron chi connectivity index (χ2n) is 5.89. The minimum Gasteiger partial charge on any atom is -0.378 e. The van der Waals surface area contributed by atoms with Gasteiger partial charge in [0.05, 0.1) is 50.6 Å². The van der Waals surface area contributed by atoms with Gasteiger partial charge < -0.3 is 9.47 Å². The van der Waals surface area contributed by atoms with Crippen molar-refractivity contribution in [1.82, 2.24) is 9.80 Å². The summed E-state index contributed by atoms with van der Waals surface area (Å²) < 4.78 is 46.9. The molecule has 0 unspecified atom stereocenters. The number of carbonyl (C=O) groups is 2. The first-order valence-electron chi connectivity index (χ1n) is 8.15. The molecule has 2 rings (SSSR count). The molecule has 1 aliphatic rings. The summed E-state index contributed by atoms with van der Waals surface area (Å²) in [7, 11) is 1.37. The summed E-state index contributed by atoms with van der Waals surface area (Å²) in [6, 6.07) is 6.63. The van der Waals surface area contributed by atoms with Crippen LogP contribution in [0.3, 0.4) is 0 Å². The molecule has 0 saturated heterocycles. The van der Waals surface area contributed by atoms with Crippen molar-refractivity contribution in [2.24, 2.45) is 0 Å². The van der Waals surface area contributed by atoms with Crippen LogP contribution in [0.5, 0.6) is 0 Å². The molecule has 26 heavy (non-hydrogen) atoms. The highest BCUT2D eigenvalue weighted by Gasteiger charge is 2.34. The van der Waals surface area contributed by atoms with Crippen molar-refractivity contribution >= 4 is 11.8 Å². The van der Waals surface area contributed by atoms with Gasteiger partial charge in [-0.1, -0.05) is 12.1 Å². The molecule has 0 atom stereocenters. The Labute approximate surface area is 149 Å². The van der Waals surface area contributed by atoms with E-state index in [4.69, 9.17) is 9.47 Å². The van der Waals surface area contributed by atoms with Gasteiger partial charge in [0.2, 0.25) is 0 Å². The summed E-state index contributed by atoms with van der Waals surface area (Å²) in [4.78, 5) is 26.5. The largest absolute Gasteiger partial charge is 0.401 e. The number of fused-ring (bicyclic) bond motifs is 1. The molecule has 0 bridgehead atoms. The van der Waals surface area contributed by atoms with Crippen LogP contribution in [0.25, 0.3) is 0 Å². The fourth-order valence-corrected chi connectivity index (χ4v) is 2.53. The normalized spacial score (nSPS) is 14.4. The maximum absolute atomic E-state index is 12.1. The first-order chi connectivity index (χ1) is 12.3. The zero-order valence-electron chi connectivity index (χ0n) is 14.4. The highest BCUT2D eigenvalue weighted by molar-refractivity contribution is 6.21. The third-order valence-electron chi connectivity index (χ3n) is 3.78. The van der Waals surface area contributed by atoms with Crippen molar-refractivity contribution in [1.29, 1.82) is 0 Å². The average molecular weight is 374 g/mol. The number of benzene rings is 1. The third kappa shape index (κ3) is 5.79. The lowest BCUT2D eigenvalue weighted by Gasteiger charge is -2.18. The number of ether oxygens (including phenoxy) is 2. The van der Waals surface area contributed by atoms with Gasteiger partial charge in [0.15, 0.2) is 0 Å². The van der Waals surface area contributed by atoms with Gasteiger partial charge in [-0.3, -0.25) is 19.4 Å². The van der Waals surface area contributed by atoms with Crippen LogP contribution < -0.4 is 0 Å². The van der Waals surface area contributed by atoms with E-state index in [1.54, 1.807) is 24.3 Å². The van der Waals surface area contributed by atoms with E-state index in [0.29, 0.717) is 11.1 Å². The van der Waals surface area contributed by atoms with Crippen molar-refractivity contribution in [3.8, 4) is 0 Å². The lowest BCUT2D eigenvalue weighted by molar-refractivity contribution is -0.144. The number of likely N-dealkylation sites (N-methyl/N-ethyl adjacent to an activating group) is 1. The second kappa shape index (κ2) is 9.11. The van der Waals surface area contributed by atoms with Crippen LogP contribution in [0.2, 0.25) is 0 Å². The van der Waals surface area contributed by atoms with Crippen molar-refractivity contribution < 1.29 is 32.2 Å². The summed E-state index contributed by atoms with van der Waals surface area (Å²) in [5.41, 5.74) is 0.785. The van der Waals surface area contributed by atoms with E-state index in [2.05, 4.69) is 0 Å². The van der Waals surface area contributed by atoms with Gasteiger partial charge in [-0.05, 0) is 19.2 Å². The lowest BCUT2D eigenvalue weighted by atomic mass is 10.1. The van der Waals surface area contributed by atoms with E-state index in [-0.39, 0.29) is 51.3 Å². The molecule has 0 aromatic heterocycles. The first-order valence-corrected chi connectivity index (χ1v) is 8.15. The molecular weight excluding hydrogens is 353 g/mol. The number of imide groups is 1. The van der Waals surface area contributed by atoms with Crippen LogP contribution in [0.4, 0.5) is 13.2 Å². The van der Waals surface area contributed by atoms with E-state index in [1.807, 2.05) is 0 Å². The predicted octanol–water partition coefficient (Wildman–Crippen LogP) is 1.81. The maximum Gasteiger partial charge on any atom is 0.401 e. The Balaban J connectivity index is 1.55. The molecule has 1 aliphatic heterocycles. The number of nitrogens with zero attached hydrogens (tertiary/aromatic N) is 2. The standard InChI is InChI=1S/C17H21F3N2O4/c1-21(12-17(18,19)20)6-8-25-10-11-26-9-7-22-15(23)13-4-2-3-5-14(13)16(22)24/h2-5H,6-12H2,1H3. The van der Waals surface area contributed by atoms with Crippen LogP contribution in [-0.4, -0.2) is 80.9 Å². The molecule has 0 fully saturated rings. The Morgan fingerprint density at radius 1 is 0.962 bits per heavy atom. The topological polar surface area (TPSA) is 59.1 Å². The van der Waals surface area contributed by atoms with Gasteiger partial charge in [0.1, 0.15) is 0 Å². The minimum absolute atomic E-state index is 0.140. The molecule has 6 nitrogen and oxygen atoms in total. The Morgan fingerprint density at radius 2 is 1.50 bits per heavy atom. The van der Waals surface area contributed by atoms with Crippen LogP contribution in [0, 0.1) is 0 Å². The Kier molecular flexibility index (Phi) is 7.13. The summed E-state index contributed by atoms with van der Waals surface area (Å²) in [5, 5.41) is 0. The van der Waals surface area contributed by atoms with E-state index in [1.165, 1.54) is 7.05 Å². The number of amides is 2. The van der Waals surface area contributed by atoms with E-state index >= 15 is 0 Å². The smallest absolute Gasteiger partial charge is 0.378 e. The molecule has 0 N–H and O–H groups in total. The monoisotopic (exact) mass is 374 g/mol. The number of hydrogen-bond acceptors (Lipinski definition) is 5. The maximum atomic E-state index is 12.1. The Morgan fingerprint density at radius 3 is 2.04 bits per heavy atom. The van der Waals surface area contributed by atoms with Gasteiger partial charge >= 0.3 is 6.18 Å². The number of halogens is 3. The van der Waals surface area contributed by atoms with Crippen molar-refractivity contribution in [3.63, 3.8) is 0 Å². The lowest BCUT2D eigenvalue weighted by Crippen LogP contribution is -2.34. The van der Waals surface area contributed by atoms with Gasteiger partial charge in [0.25, 0.3) is 11.8 Å². The highest BCUT2D eigenvalue weighted by atomic mass is 19.4. The van der Waals surface area contributed by atoms with Crippen LogP contribution in [0.15, 0.2) is 24.3 Å². The van der Waals surface area contributed by atoms with Crippen LogP contribution >= 0.6 is 0 Å². The van der Waals surface area contributed by atoms with E-state index < -0.39 is 12.7 Å². The van der Waals surface area contributed by atoms with E-state index in [9.17, 15) is 22.8 Å². The van der Waals surface area contributed by atoms with Gasteiger partial charge in [-0.25, -0.2) is 0 Å². The van der Waals surface area contributed by atoms with Gasteiger partial charge in [-0.2, -0.15) is 13.2 Å². The average Bonchev–Trinajstić information content (AvgIpc) is 2.80. The fourth-order valence-electron chi connectivity index (χ4n) is 2.53. The zero-order valence-corrected chi connectivity index (χ0v) is 14.4. The number of carbonyl (C=O) groups excluding carboxylic acids is 2. The molecule has 9 heteroatoms. The van der Waals surface area contributed by atoms with Crippen molar-refractivity contribution in [2.45, 2.75) is 6.18 Å². The summed E-state index contributed by atoms with van der Waals surface area (Å²) in [5.74, 6) is -0.670.